The van der Waals surface area contributed by atoms with E-state index in [-0.39, 0.29) is 16.9 Å². The maximum Gasteiger partial charge on any atom is 0.373 e. The summed E-state index contributed by atoms with van der Waals surface area (Å²) in [5.74, 6) is -10.9. The lowest BCUT2D eigenvalue weighted by Crippen LogP contribution is -2.44. The molecule has 1 rings (SSSR count). The van der Waals surface area contributed by atoms with E-state index in [4.69, 9.17) is 0 Å². The van der Waals surface area contributed by atoms with E-state index in [0.29, 0.717) is 12.1 Å². The fourth-order valence-electron chi connectivity index (χ4n) is 2.29. The number of phenols is 1. The summed E-state index contributed by atoms with van der Waals surface area (Å²) in [6.07, 6.45) is -4.52. The minimum atomic E-state index is -5.52. The van der Waals surface area contributed by atoms with Gasteiger partial charge >= 0.3 is 18.3 Å². The van der Waals surface area contributed by atoms with Crippen molar-refractivity contribution in [3.63, 3.8) is 0 Å². The average Bonchev–Trinajstić information content (AvgIpc) is 2.35. The molecule has 24 heavy (non-hydrogen) atoms. The molecule has 0 aliphatic carbocycles. The summed E-state index contributed by atoms with van der Waals surface area (Å²) in [5, 5.41) is 10.4. The molecule has 7 heteroatoms. The van der Waals surface area contributed by atoms with Crippen molar-refractivity contribution in [2.75, 3.05) is 0 Å². The van der Waals surface area contributed by atoms with E-state index in [1.165, 1.54) is 0 Å². The number of aromatic hydroxyl groups is 1. The molecule has 0 unspecified atom stereocenters. The third kappa shape index (κ3) is 3.49. The summed E-state index contributed by atoms with van der Waals surface area (Å²) in [4.78, 5) is 0. The molecule has 1 aromatic carbocycles. The van der Waals surface area contributed by atoms with Crippen LogP contribution in [0.2, 0.25) is 0 Å². The summed E-state index contributed by atoms with van der Waals surface area (Å²) in [6.45, 7) is 9.59. The van der Waals surface area contributed by atoms with Crippen LogP contribution in [0.5, 0.6) is 5.75 Å². The first-order valence-corrected chi connectivity index (χ1v) is 7.36. The van der Waals surface area contributed by atoms with Crippen LogP contribution >= 0.6 is 0 Å². The topological polar surface area (TPSA) is 20.2 Å². The summed E-state index contributed by atoms with van der Waals surface area (Å²) in [5.41, 5.74) is -2.95. The zero-order valence-electron chi connectivity index (χ0n) is 14.4. The van der Waals surface area contributed by atoms with E-state index in [9.17, 15) is 31.4 Å². The van der Waals surface area contributed by atoms with Gasteiger partial charge in [-0.15, -0.1) is 0 Å². The van der Waals surface area contributed by atoms with Gasteiger partial charge in [0.1, 0.15) is 5.75 Å². The highest BCUT2D eigenvalue weighted by Gasteiger charge is 2.64. The van der Waals surface area contributed by atoms with E-state index < -0.39 is 34.7 Å². The van der Waals surface area contributed by atoms with Gasteiger partial charge < -0.3 is 5.11 Å². The Hall–Kier alpha value is -1.40. The predicted molar refractivity (Wildman–Crippen MR) is 80.4 cm³/mol. The highest BCUT2D eigenvalue weighted by atomic mass is 19.3. The third-order valence-corrected chi connectivity index (χ3v) is 3.78. The monoisotopic (exact) mass is 356 g/mol. The largest absolute Gasteiger partial charge is 0.507 e. The van der Waals surface area contributed by atoms with Crippen LogP contribution in [0.4, 0.5) is 26.3 Å². The molecule has 0 aliphatic rings. The number of benzene rings is 1. The lowest BCUT2D eigenvalue weighted by molar-refractivity contribution is -0.270. The van der Waals surface area contributed by atoms with Crippen molar-refractivity contribution in [1.29, 1.82) is 0 Å². The van der Waals surface area contributed by atoms with Crippen molar-refractivity contribution in [2.24, 2.45) is 0 Å². The first-order chi connectivity index (χ1) is 10.4. The zero-order valence-corrected chi connectivity index (χ0v) is 14.4. The number of rotatable bonds is 3. The molecule has 0 aromatic heterocycles. The Labute approximate surface area is 137 Å². The Kier molecular flexibility index (Phi) is 5.03. The normalized spacial score (nSPS) is 14.4. The van der Waals surface area contributed by atoms with E-state index in [1.807, 2.05) is 0 Å². The lowest BCUT2D eigenvalue weighted by Gasteiger charge is -2.32. The molecule has 0 bridgehead atoms. The van der Waals surface area contributed by atoms with Crippen molar-refractivity contribution < 1.29 is 31.4 Å². The maximum atomic E-state index is 14.1. The van der Waals surface area contributed by atoms with Crippen LogP contribution < -0.4 is 0 Å². The van der Waals surface area contributed by atoms with Gasteiger partial charge in [0.15, 0.2) is 0 Å². The van der Waals surface area contributed by atoms with Gasteiger partial charge in [-0.2, -0.15) is 17.6 Å². The molecular formula is C17H22F6O. The standard InChI is InChI=1S/C17H22F6O/c1-14(2,3)10-7-9(8-11(12(10)24)15(4,5)6)16(20,21)17(22,23)13(18)19/h7-8,13,24H,1-6H3. The summed E-state index contributed by atoms with van der Waals surface area (Å²) >= 11 is 0. The predicted octanol–water partition coefficient (Wildman–Crippen LogP) is 5.98. The van der Waals surface area contributed by atoms with Gasteiger partial charge in [-0.1, -0.05) is 41.5 Å². The second-order valence-electron chi connectivity index (χ2n) is 7.92. The number of phenolic OH excluding ortho intramolecular Hbond substituents is 1. The molecular weight excluding hydrogens is 334 g/mol. The molecule has 0 amide bonds. The second-order valence-corrected chi connectivity index (χ2v) is 7.92. The molecule has 0 saturated carbocycles. The van der Waals surface area contributed by atoms with Crippen molar-refractivity contribution in [3.8, 4) is 5.75 Å². The number of hydrogen-bond acceptors (Lipinski definition) is 1. The fraction of sp³-hybridized carbons (Fsp3) is 0.647. The van der Waals surface area contributed by atoms with Crippen molar-refractivity contribution in [3.05, 3.63) is 28.8 Å². The van der Waals surface area contributed by atoms with Crippen LogP contribution in [-0.2, 0) is 16.8 Å². The zero-order chi connectivity index (χ0) is 19.3. The molecule has 0 aliphatic heterocycles. The minimum absolute atomic E-state index is 0.00494. The minimum Gasteiger partial charge on any atom is -0.507 e. The Morgan fingerprint density at radius 2 is 1.12 bits per heavy atom. The molecule has 0 fully saturated rings. The van der Waals surface area contributed by atoms with Crippen molar-refractivity contribution >= 4 is 0 Å². The fourth-order valence-corrected chi connectivity index (χ4v) is 2.29. The van der Waals surface area contributed by atoms with Gasteiger partial charge in [0.25, 0.3) is 0 Å². The second kappa shape index (κ2) is 5.85. The Morgan fingerprint density at radius 1 is 0.792 bits per heavy atom. The SMILES string of the molecule is CC(C)(C)c1cc(C(F)(F)C(F)(F)C(F)F)cc(C(C)(C)C)c1O. The van der Waals surface area contributed by atoms with E-state index in [1.54, 1.807) is 41.5 Å². The molecule has 1 aromatic rings. The van der Waals surface area contributed by atoms with Gasteiger partial charge in [-0.3, -0.25) is 0 Å². The van der Waals surface area contributed by atoms with Crippen LogP contribution in [0.1, 0.15) is 58.2 Å². The average molecular weight is 356 g/mol. The molecule has 0 radical (unpaired) electrons. The Morgan fingerprint density at radius 3 is 1.38 bits per heavy atom. The van der Waals surface area contributed by atoms with Crippen LogP contribution in [0, 0.1) is 0 Å². The van der Waals surface area contributed by atoms with Crippen molar-refractivity contribution in [1.82, 2.24) is 0 Å². The highest BCUT2D eigenvalue weighted by molar-refractivity contribution is 5.51. The number of halogens is 6. The van der Waals surface area contributed by atoms with Crippen molar-refractivity contribution in [2.45, 2.75) is 70.6 Å². The van der Waals surface area contributed by atoms with Gasteiger partial charge in [-0.25, -0.2) is 8.78 Å². The Balaban J connectivity index is 3.79. The summed E-state index contributed by atoms with van der Waals surface area (Å²) < 4.78 is 80.0. The van der Waals surface area contributed by atoms with Crippen LogP contribution in [-0.4, -0.2) is 17.5 Å². The van der Waals surface area contributed by atoms with Crippen LogP contribution in [0.3, 0.4) is 0 Å². The smallest absolute Gasteiger partial charge is 0.373 e. The molecule has 1 nitrogen and oxygen atoms in total. The Bertz CT molecular complexity index is 573. The van der Waals surface area contributed by atoms with Crippen LogP contribution in [0.25, 0.3) is 0 Å². The van der Waals surface area contributed by atoms with Crippen LogP contribution in [0.15, 0.2) is 12.1 Å². The first-order valence-electron chi connectivity index (χ1n) is 7.36. The van der Waals surface area contributed by atoms with E-state index in [0.717, 1.165) is 0 Å². The van der Waals surface area contributed by atoms with Gasteiger partial charge in [0, 0.05) is 16.7 Å². The first kappa shape index (κ1) is 20.6. The lowest BCUT2D eigenvalue weighted by atomic mass is 9.77. The quantitative estimate of drug-likeness (QED) is 0.661. The van der Waals surface area contributed by atoms with E-state index in [2.05, 4.69) is 0 Å². The molecule has 0 spiro atoms. The van der Waals surface area contributed by atoms with Gasteiger partial charge in [0.2, 0.25) is 0 Å². The molecule has 0 atom stereocenters. The van der Waals surface area contributed by atoms with E-state index >= 15 is 0 Å². The number of alkyl halides is 6. The molecule has 0 heterocycles. The molecule has 1 N–H and O–H groups in total. The number of hydrogen-bond donors (Lipinski definition) is 1. The summed E-state index contributed by atoms with van der Waals surface area (Å²) in [7, 11) is 0. The molecule has 138 valence electrons. The highest BCUT2D eigenvalue weighted by Crippen LogP contribution is 2.49. The maximum absolute atomic E-state index is 14.1. The van der Waals surface area contributed by atoms with Gasteiger partial charge in [0.05, 0.1) is 0 Å². The molecule has 0 saturated heterocycles. The van der Waals surface area contributed by atoms with Gasteiger partial charge in [-0.05, 0) is 23.0 Å². The third-order valence-electron chi connectivity index (χ3n) is 3.78. The summed E-state index contributed by atoms with van der Waals surface area (Å²) in [6, 6.07) is 1.36.